The summed E-state index contributed by atoms with van der Waals surface area (Å²) in [6.07, 6.45) is 0. The summed E-state index contributed by atoms with van der Waals surface area (Å²) in [7, 11) is 1.77. The van der Waals surface area contributed by atoms with Crippen LogP contribution in [0, 0.1) is 6.92 Å². The van der Waals surface area contributed by atoms with E-state index in [1.54, 1.807) is 11.9 Å². The lowest BCUT2D eigenvalue weighted by Gasteiger charge is -2.14. The highest BCUT2D eigenvalue weighted by molar-refractivity contribution is 7.20. The first-order chi connectivity index (χ1) is 9.59. The molecule has 2 aromatic rings. The Kier molecular flexibility index (Phi) is 3.36. The van der Waals surface area contributed by atoms with Crippen LogP contribution in [0.4, 0.5) is 5.00 Å². The Morgan fingerprint density at radius 3 is 2.70 bits per heavy atom. The molecule has 0 unspecified atom stereocenters. The molecule has 0 atom stereocenters. The van der Waals surface area contributed by atoms with Crippen molar-refractivity contribution in [3.63, 3.8) is 0 Å². The maximum absolute atomic E-state index is 12.1. The zero-order valence-corrected chi connectivity index (χ0v) is 12.8. The van der Waals surface area contributed by atoms with Crippen LogP contribution in [0.15, 0.2) is 35.3 Å². The van der Waals surface area contributed by atoms with Crippen molar-refractivity contribution in [1.82, 2.24) is 0 Å². The van der Waals surface area contributed by atoms with Gasteiger partial charge in [-0.05, 0) is 12.5 Å². The fraction of sp³-hybridized carbons (Fsp3) is 0.200. The van der Waals surface area contributed by atoms with Crippen molar-refractivity contribution in [2.75, 3.05) is 18.5 Å². The zero-order chi connectivity index (χ0) is 14.3. The fourth-order valence-corrected chi connectivity index (χ4v) is 3.59. The van der Waals surface area contributed by atoms with E-state index in [9.17, 15) is 4.79 Å². The van der Waals surface area contributed by atoms with Crippen LogP contribution in [0.2, 0.25) is 4.34 Å². The second-order valence-corrected chi connectivity index (χ2v) is 6.27. The van der Waals surface area contributed by atoms with Crippen molar-refractivity contribution in [1.29, 1.82) is 0 Å². The molecule has 0 fully saturated rings. The summed E-state index contributed by atoms with van der Waals surface area (Å²) in [6, 6.07) is 9.91. The maximum Gasteiger partial charge on any atom is 0.249 e. The van der Waals surface area contributed by atoms with Crippen molar-refractivity contribution in [3.05, 3.63) is 51.4 Å². The van der Waals surface area contributed by atoms with Gasteiger partial charge in [-0.2, -0.15) is 0 Å². The van der Waals surface area contributed by atoms with Gasteiger partial charge in [0.25, 0.3) is 0 Å². The average molecular weight is 305 g/mol. The molecule has 0 N–H and O–H groups in total. The molecule has 3 rings (SSSR count). The first-order valence-corrected chi connectivity index (χ1v) is 7.44. The van der Waals surface area contributed by atoms with Gasteiger partial charge < -0.3 is 4.90 Å². The Bertz CT molecular complexity index is 706. The van der Waals surface area contributed by atoms with E-state index >= 15 is 0 Å². The number of aliphatic imine (C=N–C) groups is 1. The van der Waals surface area contributed by atoms with Gasteiger partial charge in [0.15, 0.2) is 0 Å². The molecule has 20 heavy (non-hydrogen) atoms. The monoisotopic (exact) mass is 304 g/mol. The molecule has 1 aromatic carbocycles. The van der Waals surface area contributed by atoms with Gasteiger partial charge in [-0.25, -0.2) is 0 Å². The van der Waals surface area contributed by atoms with E-state index in [0.717, 1.165) is 27.4 Å². The number of rotatable bonds is 1. The van der Waals surface area contributed by atoms with Gasteiger partial charge >= 0.3 is 0 Å². The van der Waals surface area contributed by atoms with Gasteiger partial charge in [0.05, 0.1) is 10.0 Å². The Balaban J connectivity index is 2.26. The number of fused-ring (bicyclic) bond motifs is 1. The summed E-state index contributed by atoms with van der Waals surface area (Å²) in [5, 5.41) is 0.873. The van der Waals surface area contributed by atoms with Gasteiger partial charge in [0.2, 0.25) is 5.91 Å². The number of carbonyl (C=O) groups is 1. The minimum atomic E-state index is -0.0184. The van der Waals surface area contributed by atoms with Crippen molar-refractivity contribution < 1.29 is 4.79 Å². The van der Waals surface area contributed by atoms with Crippen LogP contribution in [0.1, 0.15) is 16.7 Å². The van der Waals surface area contributed by atoms with Gasteiger partial charge in [-0.3, -0.25) is 9.79 Å². The standard InChI is InChI=1S/C15H13ClN2OS/c1-9-12-13(10-6-4-3-5-7-10)17-8-11(19)18(2)15(12)20-14(9)16/h3-7H,8H2,1-2H3. The Hall–Kier alpha value is -1.65. The van der Waals surface area contributed by atoms with E-state index in [2.05, 4.69) is 4.99 Å². The number of likely N-dealkylation sites (N-methyl/N-ethyl adjacent to an activating group) is 1. The third kappa shape index (κ3) is 2.05. The van der Waals surface area contributed by atoms with Gasteiger partial charge in [0, 0.05) is 18.2 Å². The third-order valence-corrected chi connectivity index (χ3v) is 5.08. The minimum Gasteiger partial charge on any atom is -0.305 e. The summed E-state index contributed by atoms with van der Waals surface area (Å²) in [5.41, 5.74) is 3.81. The van der Waals surface area contributed by atoms with E-state index in [0.29, 0.717) is 4.34 Å². The van der Waals surface area contributed by atoms with Crippen LogP contribution in [0.5, 0.6) is 0 Å². The normalized spacial score (nSPS) is 14.8. The van der Waals surface area contributed by atoms with Crippen LogP contribution in [0.3, 0.4) is 0 Å². The number of carbonyl (C=O) groups excluding carboxylic acids is 1. The van der Waals surface area contributed by atoms with Gasteiger partial charge in [0.1, 0.15) is 11.5 Å². The molecule has 0 aliphatic carbocycles. The minimum absolute atomic E-state index is 0.0184. The second kappa shape index (κ2) is 5.04. The van der Waals surface area contributed by atoms with E-state index in [1.165, 1.54) is 11.3 Å². The largest absolute Gasteiger partial charge is 0.305 e. The van der Waals surface area contributed by atoms with Gasteiger partial charge in [-0.15, -0.1) is 11.3 Å². The Labute approximate surface area is 126 Å². The molecule has 1 aliphatic rings. The summed E-state index contributed by atoms with van der Waals surface area (Å²) in [5.74, 6) is -0.0184. The summed E-state index contributed by atoms with van der Waals surface area (Å²) in [6.45, 7) is 2.14. The van der Waals surface area contributed by atoms with E-state index < -0.39 is 0 Å². The Morgan fingerprint density at radius 1 is 1.30 bits per heavy atom. The summed E-state index contributed by atoms with van der Waals surface area (Å²) < 4.78 is 0.709. The third-order valence-electron chi connectivity index (χ3n) is 3.41. The predicted octanol–water partition coefficient (Wildman–Crippen LogP) is 3.52. The molecule has 2 heterocycles. The molecule has 0 spiro atoms. The zero-order valence-electron chi connectivity index (χ0n) is 11.2. The molecular weight excluding hydrogens is 292 g/mol. The highest BCUT2D eigenvalue weighted by Crippen LogP contribution is 2.41. The maximum atomic E-state index is 12.1. The average Bonchev–Trinajstić information content (AvgIpc) is 2.69. The molecule has 1 amide bonds. The van der Waals surface area contributed by atoms with Crippen LogP contribution in [0.25, 0.3) is 0 Å². The van der Waals surface area contributed by atoms with Crippen molar-refractivity contribution in [3.8, 4) is 0 Å². The lowest BCUT2D eigenvalue weighted by atomic mass is 10.0. The number of hydrogen-bond donors (Lipinski definition) is 0. The first kappa shape index (κ1) is 13.3. The highest BCUT2D eigenvalue weighted by atomic mass is 35.5. The molecule has 0 radical (unpaired) electrons. The summed E-state index contributed by atoms with van der Waals surface area (Å²) in [4.78, 5) is 18.2. The molecule has 1 aliphatic heterocycles. The number of halogens is 1. The van der Waals surface area contributed by atoms with Crippen molar-refractivity contribution >= 4 is 39.6 Å². The fourth-order valence-electron chi connectivity index (χ4n) is 2.26. The van der Waals surface area contributed by atoms with Crippen molar-refractivity contribution in [2.45, 2.75) is 6.92 Å². The highest BCUT2D eigenvalue weighted by Gasteiger charge is 2.27. The molecule has 0 saturated carbocycles. The predicted molar refractivity (Wildman–Crippen MR) is 84.4 cm³/mol. The number of anilines is 1. The number of benzene rings is 1. The van der Waals surface area contributed by atoms with Crippen LogP contribution >= 0.6 is 22.9 Å². The van der Waals surface area contributed by atoms with E-state index in [-0.39, 0.29) is 12.5 Å². The second-order valence-electron chi connectivity index (χ2n) is 4.66. The first-order valence-electron chi connectivity index (χ1n) is 6.25. The quantitative estimate of drug-likeness (QED) is 0.793. The summed E-state index contributed by atoms with van der Waals surface area (Å²) >= 11 is 7.69. The molecule has 0 bridgehead atoms. The Morgan fingerprint density at radius 2 is 2.00 bits per heavy atom. The number of amides is 1. The van der Waals surface area contributed by atoms with Crippen molar-refractivity contribution in [2.24, 2.45) is 4.99 Å². The van der Waals surface area contributed by atoms with Crippen LogP contribution in [-0.4, -0.2) is 25.2 Å². The molecule has 102 valence electrons. The smallest absolute Gasteiger partial charge is 0.249 e. The van der Waals surface area contributed by atoms with Crippen LogP contribution < -0.4 is 4.90 Å². The lowest BCUT2D eigenvalue weighted by Crippen LogP contribution is -2.26. The molecule has 0 saturated heterocycles. The number of nitrogens with zero attached hydrogens (tertiary/aromatic N) is 2. The number of thiophene rings is 1. The van der Waals surface area contributed by atoms with E-state index in [1.807, 2.05) is 37.3 Å². The van der Waals surface area contributed by atoms with Gasteiger partial charge in [-0.1, -0.05) is 41.9 Å². The molecule has 1 aromatic heterocycles. The van der Waals surface area contributed by atoms with E-state index in [4.69, 9.17) is 11.6 Å². The molecule has 3 nitrogen and oxygen atoms in total. The molecule has 5 heteroatoms. The topological polar surface area (TPSA) is 32.7 Å². The number of hydrogen-bond acceptors (Lipinski definition) is 3. The lowest BCUT2D eigenvalue weighted by molar-refractivity contribution is -0.116. The van der Waals surface area contributed by atoms with Crippen LogP contribution in [-0.2, 0) is 4.79 Å². The SMILES string of the molecule is Cc1c(Cl)sc2c1C(c1ccccc1)=NCC(=O)N2C. The molecular formula is C15H13ClN2OS.